The van der Waals surface area contributed by atoms with Gasteiger partial charge in [-0.1, -0.05) is 20.8 Å². The fourth-order valence-corrected chi connectivity index (χ4v) is 1.69. The second-order valence-electron chi connectivity index (χ2n) is 6.18. The molecule has 0 saturated carbocycles. The Balaban J connectivity index is 2.64. The van der Waals surface area contributed by atoms with Gasteiger partial charge in [0, 0.05) is 13.8 Å². The third-order valence-electron chi connectivity index (χ3n) is 2.57. The summed E-state index contributed by atoms with van der Waals surface area (Å²) in [4.78, 5) is 22.0. The van der Waals surface area contributed by atoms with E-state index in [4.69, 9.17) is 18.9 Å². The van der Waals surface area contributed by atoms with Gasteiger partial charge in [0.05, 0.1) is 6.61 Å². The van der Waals surface area contributed by atoms with Crippen LogP contribution in [0.3, 0.4) is 0 Å². The summed E-state index contributed by atoms with van der Waals surface area (Å²) in [5, 5.41) is 0. The first-order valence-electron chi connectivity index (χ1n) is 6.93. The predicted octanol–water partition coefficient (Wildman–Crippen LogP) is 1.82. The molecule has 0 aliphatic carbocycles. The van der Waals surface area contributed by atoms with Crippen molar-refractivity contribution in [3.8, 4) is 0 Å². The zero-order valence-electron chi connectivity index (χ0n) is 13.3. The van der Waals surface area contributed by atoms with Crippen molar-refractivity contribution in [2.75, 3.05) is 13.2 Å². The third-order valence-corrected chi connectivity index (χ3v) is 2.57. The van der Waals surface area contributed by atoms with Crippen LogP contribution < -0.4 is 0 Å². The van der Waals surface area contributed by atoms with Crippen LogP contribution in [0.1, 0.15) is 34.6 Å². The van der Waals surface area contributed by atoms with E-state index in [0.29, 0.717) is 6.61 Å². The van der Waals surface area contributed by atoms with Crippen molar-refractivity contribution in [2.45, 2.75) is 53.1 Å². The maximum absolute atomic E-state index is 11.1. The molecule has 0 aromatic heterocycles. The Morgan fingerprint density at radius 2 is 1.81 bits per heavy atom. The fraction of sp³-hybridized carbons (Fsp3) is 0.733. The highest BCUT2D eigenvalue weighted by molar-refractivity contribution is 5.66. The highest BCUT2D eigenvalue weighted by Crippen LogP contribution is 2.21. The fourth-order valence-electron chi connectivity index (χ4n) is 1.69. The number of esters is 2. The first kappa shape index (κ1) is 17.7. The molecule has 0 N–H and O–H groups in total. The van der Waals surface area contributed by atoms with Gasteiger partial charge in [-0.15, -0.1) is 0 Å². The van der Waals surface area contributed by atoms with Crippen LogP contribution in [0, 0.1) is 5.41 Å². The predicted molar refractivity (Wildman–Crippen MR) is 75.4 cm³/mol. The minimum Gasteiger partial charge on any atom is -0.463 e. The first-order valence-corrected chi connectivity index (χ1v) is 6.93. The summed E-state index contributed by atoms with van der Waals surface area (Å²) in [6.07, 6.45) is 1.69. The van der Waals surface area contributed by atoms with Gasteiger partial charge in [0.2, 0.25) is 0 Å². The summed E-state index contributed by atoms with van der Waals surface area (Å²) >= 11 is 0. The number of hydrogen-bond acceptors (Lipinski definition) is 6. The van der Waals surface area contributed by atoms with E-state index in [1.807, 2.05) is 0 Å². The Kier molecular flexibility index (Phi) is 6.36. The Morgan fingerprint density at radius 3 is 2.33 bits per heavy atom. The second-order valence-corrected chi connectivity index (χ2v) is 6.18. The number of carbonyl (C=O) groups excluding carboxylic acids is 2. The Morgan fingerprint density at radius 1 is 1.14 bits per heavy atom. The summed E-state index contributed by atoms with van der Waals surface area (Å²) in [7, 11) is 0. The van der Waals surface area contributed by atoms with Crippen molar-refractivity contribution < 1.29 is 28.5 Å². The molecule has 1 rings (SSSR count). The molecule has 0 saturated heterocycles. The molecule has 2 unspecified atom stereocenters. The quantitative estimate of drug-likeness (QED) is 0.570. The summed E-state index contributed by atoms with van der Waals surface area (Å²) < 4.78 is 21.4. The van der Waals surface area contributed by atoms with E-state index >= 15 is 0 Å². The number of hydrogen-bond donors (Lipinski definition) is 0. The largest absolute Gasteiger partial charge is 0.463 e. The normalized spacial score (nSPS) is 25.5. The van der Waals surface area contributed by atoms with Gasteiger partial charge in [-0.2, -0.15) is 0 Å². The van der Waals surface area contributed by atoms with E-state index < -0.39 is 30.4 Å². The van der Waals surface area contributed by atoms with E-state index in [-0.39, 0.29) is 12.0 Å². The zero-order valence-corrected chi connectivity index (χ0v) is 13.3. The first-order chi connectivity index (χ1) is 9.67. The van der Waals surface area contributed by atoms with Crippen LogP contribution in [0.5, 0.6) is 0 Å². The molecule has 0 aromatic carbocycles. The Hall–Kier alpha value is -1.40. The highest BCUT2D eigenvalue weighted by atomic mass is 16.7. The lowest BCUT2D eigenvalue weighted by molar-refractivity contribution is -0.202. The molecule has 0 spiro atoms. The molecular weight excluding hydrogens is 276 g/mol. The van der Waals surface area contributed by atoms with E-state index in [1.54, 1.807) is 12.2 Å². The molecule has 0 radical (unpaired) electrons. The Bertz CT molecular complexity index is 395. The van der Waals surface area contributed by atoms with Crippen LogP contribution in [0.15, 0.2) is 12.2 Å². The Labute approximate surface area is 125 Å². The minimum absolute atomic E-state index is 0.00694. The van der Waals surface area contributed by atoms with Crippen molar-refractivity contribution in [3.63, 3.8) is 0 Å². The van der Waals surface area contributed by atoms with Crippen LogP contribution in [0.4, 0.5) is 0 Å². The van der Waals surface area contributed by atoms with Gasteiger partial charge in [-0.05, 0) is 17.6 Å². The lowest BCUT2D eigenvalue weighted by atomic mass is 9.99. The summed E-state index contributed by atoms with van der Waals surface area (Å²) in [5.41, 5.74) is 0.00924. The van der Waals surface area contributed by atoms with Crippen LogP contribution in [0.25, 0.3) is 0 Å². The van der Waals surface area contributed by atoms with Gasteiger partial charge in [0.1, 0.15) is 18.8 Å². The molecule has 1 heterocycles. The molecular formula is C15H24O6. The topological polar surface area (TPSA) is 71.1 Å². The lowest BCUT2D eigenvalue weighted by Crippen LogP contribution is -2.42. The molecule has 21 heavy (non-hydrogen) atoms. The van der Waals surface area contributed by atoms with E-state index in [2.05, 4.69) is 20.8 Å². The molecule has 0 amide bonds. The molecule has 6 heteroatoms. The van der Waals surface area contributed by atoms with Gasteiger partial charge in [-0.25, -0.2) is 0 Å². The second kappa shape index (κ2) is 7.56. The van der Waals surface area contributed by atoms with E-state index in [9.17, 15) is 9.59 Å². The maximum atomic E-state index is 11.1. The van der Waals surface area contributed by atoms with Crippen molar-refractivity contribution in [2.24, 2.45) is 5.41 Å². The minimum atomic E-state index is -0.587. The molecule has 3 atom stereocenters. The molecule has 0 bridgehead atoms. The molecule has 0 aromatic rings. The van der Waals surface area contributed by atoms with E-state index in [1.165, 1.54) is 13.8 Å². The molecule has 120 valence electrons. The maximum Gasteiger partial charge on any atom is 0.303 e. The molecule has 1 aliphatic heterocycles. The van der Waals surface area contributed by atoms with Crippen molar-refractivity contribution in [1.82, 2.24) is 0 Å². The number of ether oxygens (including phenoxy) is 4. The molecule has 6 nitrogen and oxygen atoms in total. The smallest absolute Gasteiger partial charge is 0.303 e. The monoisotopic (exact) mass is 300 g/mol. The SMILES string of the molecule is CC(=O)OCC1O[C@H](OCC(C)(C)C)C=CC1OC(C)=O. The van der Waals surface area contributed by atoms with Crippen LogP contribution in [0.2, 0.25) is 0 Å². The standard InChI is InChI=1S/C15H24O6/c1-10(16)18-8-13-12(20-11(2)17)6-7-14(21-13)19-9-15(3,4)5/h6-7,12-14H,8-9H2,1-5H3/t12?,13?,14-/m0/s1. The molecule has 1 aliphatic rings. The van der Waals surface area contributed by atoms with Gasteiger partial charge >= 0.3 is 11.9 Å². The van der Waals surface area contributed by atoms with Gasteiger partial charge < -0.3 is 18.9 Å². The highest BCUT2D eigenvalue weighted by Gasteiger charge is 2.31. The van der Waals surface area contributed by atoms with Gasteiger partial charge in [0.25, 0.3) is 0 Å². The lowest BCUT2D eigenvalue weighted by Gasteiger charge is -2.32. The summed E-state index contributed by atoms with van der Waals surface area (Å²) in [6.45, 7) is 9.31. The van der Waals surface area contributed by atoms with Crippen LogP contribution in [-0.4, -0.2) is 43.7 Å². The third kappa shape index (κ3) is 7.24. The van der Waals surface area contributed by atoms with Gasteiger partial charge in [-0.3, -0.25) is 9.59 Å². The average Bonchev–Trinajstić information content (AvgIpc) is 2.34. The van der Waals surface area contributed by atoms with Crippen molar-refractivity contribution in [1.29, 1.82) is 0 Å². The molecule has 0 fully saturated rings. The number of carbonyl (C=O) groups is 2. The van der Waals surface area contributed by atoms with Crippen LogP contribution in [-0.2, 0) is 28.5 Å². The van der Waals surface area contributed by atoms with Gasteiger partial charge in [0.15, 0.2) is 6.29 Å². The summed E-state index contributed by atoms with van der Waals surface area (Å²) in [5.74, 6) is -0.836. The van der Waals surface area contributed by atoms with Crippen LogP contribution >= 0.6 is 0 Å². The number of rotatable bonds is 5. The van der Waals surface area contributed by atoms with Crippen molar-refractivity contribution in [3.05, 3.63) is 12.2 Å². The summed E-state index contributed by atoms with van der Waals surface area (Å²) in [6, 6.07) is 0. The van der Waals surface area contributed by atoms with Crippen molar-refractivity contribution >= 4 is 11.9 Å². The van der Waals surface area contributed by atoms with E-state index in [0.717, 1.165) is 0 Å². The zero-order chi connectivity index (χ0) is 16.0. The average molecular weight is 300 g/mol.